The van der Waals surface area contributed by atoms with Gasteiger partial charge in [-0.1, -0.05) is 0 Å². The highest BCUT2D eigenvalue weighted by Crippen LogP contribution is 2.15. The van der Waals surface area contributed by atoms with Crippen LogP contribution in [-0.2, 0) is 14.3 Å². The zero-order valence-corrected chi connectivity index (χ0v) is 14.2. The summed E-state index contributed by atoms with van der Waals surface area (Å²) in [6, 6.07) is -0.135. The Bertz CT molecular complexity index is 405. The molecule has 0 saturated carbocycles. The maximum atomic E-state index is 12.8. The second kappa shape index (κ2) is 7.42. The lowest BCUT2D eigenvalue weighted by Crippen LogP contribution is -2.54. The number of carbonyl (C=O) groups is 2. The third-order valence-electron chi connectivity index (χ3n) is 4.61. The van der Waals surface area contributed by atoms with Crippen molar-refractivity contribution < 1.29 is 14.3 Å². The molecule has 2 aliphatic heterocycles. The number of carbonyl (C=O) groups excluding carboxylic acids is 2. The van der Waals surface area contributed by atoms with Crippen molar-refractivity contribution in [3.63, 3.8) is 0 Å². The molecule has 3 atom stereocenters. The summed E-state index contributed by atoms with van der Waals surface area (Å²) in [6.45, 7) is 12.1. The van der Waals surface area contributed by atoms with Gasteiger partial charge >= 0.3 is 0 Å². The molecule has 2 rings (SSSR count). The van der Waals surface area contributed by atoms with Gasteiger partial charge in [-0.3, -0.25) is 14.5 Å². The van der Waals surface area contributed by atoms with Crippen LogP contribution >= 0.6 is 0 Å². The first-order valence-corrected chi connectivity index (χ1v) is 8.32. The molecule has 2 heterocycles. The lowest BCUT2D eigenvalue weighted by Gasteiger charge is -2.38. The highest BCUT2D eigenvalue weighted by molar-refractivity contribution is 5.81. The van der Waals surface area contributed by atoms with Crippen molar-refractivity contribution in [1.29, 1.82) is 0 Å². The van der Waals surface area contributed by atoms with Gasteiger partial charge in [0.05, 0.1) is 18.2 Å². The molecule has 0 radical (unpaired) electrons. The molecule has 2 amide bonds. The third kappa shape index (κ3) is 4.20. The monoisotopic (exact) mass is 311 g/mol. The molecule has 0 aromatic carbocycles. The molecule has 6 heteroatoms. The van der Waals surface area contributed by atoms with Crippen molar-refractivity contribution in [1.82, 2.24) is 14.7 Å². The van der Waals surface area contributed by atoms with E-state index < -0.39 is 0 Å². The van der Waals surface area contributed by atoms with E-state index >= 15 is 0 Å². The molecule has 0 aromatic rings. The van der Waals surface area contributed by atoms with Crippen LogP contribution in [0.3, 0.4) is 0 Å². The van der Waals surface area contributed by atoms with E-state index in [2.05, 4.69) is 4.90 Å². The number of rotatable bonds is 2. The number of amides is 2. The second-order valence-corrected chi connectivity index (χ2v) is 6.57. The van der Waals surface area contributed by atoms with Gasteiger partial charge in [-0.05, 0) is 27.2 Å². The van der Waals surface area contributed by atoms with Gasteiger partial charge < -0.3 is 14.5 Å². The van der Waals surface area contributed by atoms with Crippen LogP contribution in [0.25, 0.3) is 0 Å². The molecule has 2 fully saturated rings. The van der Waals surface area contributed by atoms with E-state index in [0.717, 1.165) is 26.1 Å². The molecule has 0 N–H and O–H groups in total. The normalized spacial score (nSPS) is 29.1. The van der Waals surface area contributed by atoms with Gasteiger partial charge in [0.2, 0.25) is 11.8 Å². The molecule has 126 valence electrons. The van der Waals surface area contributed by atoms with Gasteiger partial charge in [0.25, 0.3) is 0 Å². The summed E-state index contributed by atoms with van der Waals surface area (Å²) in [5, 5.41) is 0. The summed E-state index contributed by atoms with van der Waals surface area (Å²) in [6.07, 6.45) is 1.11. The minimum atomic E-state index is -0.135. The van der Waals surface area contributed by atoms with Crippen LogP contribution in [0.2, 0.25) is 0 Å². The van der Waals surface area contributed by atoms with E-state index in [-0.39, 0.29) is 30.1 Å². The molecule has 6 nitrogen and oxygen atoms in total. The van der Waals surface area contributed by atoms with Crippen molar-refractivity contribution in [2.24, 2.45) is 0 Å². The van der Waals surface area contributed by atoms with Gasteiger partial charge in [0, 0.05) is 46.2 Å². The molecule has 2 saturated heterocycles. The van der Waals surface area contributed by atoms with E-state index in [1.807, 2.05) is 30.6 Å². The molecule has 0 spiro atoms. The summed E-state index contributed by atoms with van der Waals surface area (Å²) in [5.41, 5.74) is 0. The molecular formula is C16H29N3O3. The molecule has 0 bridgehead atoms. The summed E-state index contributed by atoms with van der Waals surface area (Å²) >= 11 is 0. The van der Waals surface area contributed by atoms with E-state index in [0.29, 0.717) is 19.6 Å². The molecule has 0 aliphatic carbocycles. The van der Waals surface area contributed by atoms with Crippen LogP contribution in [-0.4, -0.2) is 84.0 Å². The maximum Gasteiger partial charge on any atom is 0.239 e. The zero-order chi connectivity index (χ0) is 16.3. The summed E-state index contributed by atoms with van der Waals surface area (Å²) in [5.74, 6) is 0.301. The fourth-order valence-electron chi connectivity index (χ4n) is 3.42. The third-order valence-corrected chi connectivity index (χ3v) is 4.61. The number of nitrogens with zero attached hydrogens (tertiary/aromatic N) is 3. The van der Waals surface area contributed by atoms with Crippen LogP contribution in [0.5, 0.6) is 0 Å². The van der Waals surface area contributed by atoms with Crippen molar-refractivity contribution in [2.75, 3.05) is 39.3 Å². The van der Waals surface area contributed by atoms with E-state index in [4.69, 9.17) is 4.74 Å². The number of ether oxygens (including phenoxy) is 1. The first-order chi connectivity index (χ1) is 10.4. The maximum absolute atomic E-state index is 12.8. The van der Waals surface area contributed by atoms with E-state index in [9.17, 15) is 9.59 Å². The van der Waals surface area contributed by atoms with Gasteiger partial charge in [-0.2, -0.15) is 0 Å². The Labute approximate surface area is 133 Å². The summed E-state index contributed by atoms with van der Waals surface area (Å²) in [4.78, 5) is 30.3. The minimum Gasteiger partial charge on any atom is -0.372 e. The standard InChI is InChI=1S/C16H29N3O3/c1-12-10-19(11-13(2)22-12)16(21)14(3)17-6-5-7-18(9-8-17)15(4)20/h12-14H,5-11H2,1-4H3. The van der Waals surface area contributed by atoms with Gasteiger partial charge in [0.1, 0.15) is 0 Å². The Morgan fingerprint density at radius 1 is 1.00 bits per heavy atom. The van der Waals surface area contributed by atoms with Crippen molar-refractivity contribution in [3.05, 3.63) is 0 Å². The molecular weight excluding hydrogens is 282 g/mol. The Balaban J connectivity index is 1.93. The van der Waals surface area contributed by atoms with Crippen LogP contribution in [0, 0.1) is 0 Å². The molecule has 3 unspecified atom stereocenters. The highest BCUT2D eigenvalue weighted by atomic mass is 16.5. The molecule has 2 aliphatic rings. The van der Waals surface area contributed by atoms with Crippen LogP contribution in [0.15, 0.2) is 0 Å². The number of hydrogen-bond donors (Lipinski definition) is 0. The Morgan fingerprint density at radius 3 is 2.23 bits per heavy atom. The summed E-state index contributed by atoms with van der Waals surface area (Å²) in [7, 11) is 0. The Kier molecular flexibility index (Phi) is 5.81. The number of morpholine rings is 1. The lowest BCUT2D eigenvalue weighted by molar-refractivity contribution is -0.148. The highest BCUT2D eigenvalue weighted by Gasteiger charge is 2.32. The molecule has 0 aromatic heterocycles. The van der Waals surface area contributed by atoms with Crippen molar-refractivity contribution >= 4 is 11.8 Å². The van der Waals surface area contributed by atoms with Crippen molar-refractivity contribution in [3.8, 4) is 0 Å². The molecule has 22 heavy (non-hydrogen) atoms. The SMILES string of the molecule is CC(=O)N1CCCN(C(C)C(=O)N2CC(C)OC(C)C2)CC1. The lowest BCUT2D eigenvalue weighted by atomic mass is 10.1. The van der Waals surface area contributed by atoms with Crippen molar-refractivity contribution in [2.45, 2.75) is 52.4 Å². The Hall–Kier alpha value is -1.14. The zero-order valence-electron chi connectivity index (χ0n) is 14.2. The topological polar surface area (TPSA) is 53.1 Å². The fourth-order valence-corrected chi connectivity index (χ4v) is 3.42. The van der Waals surface area contributed by atoms with Gasteiger partial charge in [0.15, 0.2) is 0 Å². The first-order valence-electron chi connectivity index (χ1n) is 8.32. The Morgan fingerprint density at radius 2 is 1.64 bits per heavy atom. The largest absolute Gasteiger partial charge is 0.372 e. The predicted octanol–water partition coefficient (Wildman–Crippen LogP) is 0.565. The minimum absolute atomic E-state index is 0.0947. The van der Waals surface area contributed by atoms with Gasteiger partial charge in [-0.25, -0.2) is 0 Å². The van der Waals surface area contributed by atoms with Crippen LogP contribution in [0.4, 0.5) is 0 Å². The predicted molar refractivity (Wildman–Crippen MR) is 84.5 cm³/mol. The second-order valence-electron chi connectivity index (χ2n) is 6.57. The number of hydrogen-bond acceptors (Lipinski definition) is 4. The first kappa shape index (κ1) is 17.2. The summed E-state index contributed by atoms with van der Waals surface area (Å²) < 4.78 is 5.70. The van der Waals surface area contributed by atoms with Crippen LogP contribution in [0.1, 0.15) is 34.1 Å². The quantitative estimate of drug-likeness (QED) is 0.748. The van der Waals surface area contributed by atoms with Crippen LogP contribution < -0.4 is 0 Å². The van der Waals surface area contributed by atoms with E-state index in [1.54, 1.807) is 6.92 Å². The smallest absolute Gasteiger partial charge is 0.239 e. The average molecular weight is 311 g/mol. The fraction of sp³-hybridized carbons (Fsp3) is 0.875. The van der Waals surface area contributed by atoms with E-state index in [1.165, 1.54) is 0 Å². The van der Waals surface area contributed by atoms with Gasteiger partial charge in [-0.15, -0.1) is 0 Å². The average Bonchev–Trinajstić information content (AvgIpc) is 2.70.